The number of hydrogen-bond donors (Lipinski definition) is 1. The van der Waals surface area contributed by atoms with Crippen molar-refractivity contribution in [3.8, 4) is 22.6 Å². The van der Waals surface area contributed by atoms with Crippen LogP contribution in [0.1, 0.15) is 12.0 Å². The highest BCUT2D eigenvalue weighted by Gasteiger charge is 2.11. The summed E-state index contributed by atoms with van der Waals surface area (Å²) in [6.07, 6.45) is 0.423. The molecule has 0 saturated carbocycles. The van der Waals surface area contributed by atoms with Crippen molar-refractivity contribution in [1.29, 1.82) is 0 Å². The summed E-state index contributed by atoms with van der Waals surface area (Å²) in [4.78, 5) is 10.9. The van der Waals surface area contributed by atoms with E-state index in [9.17, 15) is 13.6 Å². The van der Waals surface area contributed by atoms with Gasteiger partial charge in [-0.15, -0.1) is 0 Å². The number of rotatable bonds is 12. The number of benzene rings is 4. The first-order chi connectivity index (χ1) is 18.0. The third-order valence-corrected chi connectivity index (χ3v) is 6.34. The molecule has 0 aliphatic carbocycles. The van der Waals surface area contributed by atoms with Crippen molar-refractivity contribution in [3.05, 3.63) is 109 Å². The molecule has 0 heterocycles. The van der Waals surface area contributed by atoms with E-state index in [1.807, 2.05) is 60.7 Å². The highest BCUT2D eigenvalue weighted by atomic mass is 32.2. The molecule has 0 radical (unpaired) electrons. The number of carbonyl (C=O) groups is 1. The molecule has 1 atom stereocenters. The molecule has 0 amide bonds. The molecule has 0 aliphatic rings. The largest absolute Gasteiger partial charge is 0.755 e. The lowest BCUT2D eigenvalue weighted by molar-refractivity contribution is -0.136. The number of anilines is 2. The Hall–Kier alpha value is -4.14. The first-order valence-corrected chi connectivity index (χ1v) is 12.7. The first-order valence-electron chi connectivity index (χ1n) is 11.7. The first kappa shape index (κ1) is 25.9. The van der Waals surface area contributed by atoms with Gasteiger partial charge in [-0.1, -0.05) is 60.7 Å². The number of nitrogens with zero attached hydrogens (tertiary/aromatic N) is 1. The fourth-order valence-electron chi connectivity index (χ4n) is 3.82. The molecule has 0 spiro atoms. The van der Waals surface area contributed by atoms with E-state index < -0.39 is 17.2 Å². The van der Waals surface area contributed by atoms with Crippen LogP contribution in [0.5, 0.6) is 11.5 Å². The van der Waals surface area contributed by atoms with Gasteiger partial charge in [0, 0.05) is 6.42 Å². The molecular weight excluding hydrogens is 490 g/mol. The molecular formula is C29H26NO6S-. The van der Waals surface area contributed by atoms with Gasteiger partial charge in [-0.05, 0) is 65.6 Å². The molecule has 0 bridgehead atoms. The summed E-state index contributed by atoms with van der Waals surface area (Å²) in [6.45, 7) is 0.543. The van der Waals surface area contributed by atoms with E-state index in [0.717, 1.165) is 16.7 Å². The second kappa shape index (κ2) is 12.7. The average Bonchev–Trinajstić information content (AvgIpc) is 2.92. The molecule has 4 aromatic carbocycles. The second-order valence-corrected chi connectivity index (χ2v) is 8.92. The molecule has 1 unspecified atom stereocenters. The van der Waals surface area contributed by atoms with E-state index in [-0.39, 0.29) is 19.6 Å². The zero-order chi connectivity index (χ0) is 26.0. The maximum Gasteiger partial charge on any atom is 0.303 e. The summed E-state index contributed by atoms with van der Waals surface area (Å²) < 4.78 is 36.8. The molecule has 0 saturated heterocycles. The minimum Gasteiger partial charge on any atom is -0.755 e. The number of aryl methyl sites for hydroxylation is 1. The van der Waals surface area contributed by atoms with Crippen LogP contribution in [0.4, 0.5) is 11.4 Å². The average molecular weight is 517 g/mol. The van der Waals surface area contributed by atoms with Crippen molar-refractivity contribution >= 4 is 28.6 Å². The molecule has 0 aliphatic heterocycles. The molecule has 8 heteroatoms. The van der Waals surface area contributed by atoms with E-state index in [2.05, 4.69) is 0 Å². The van der Waals surface area contributed by atoms with Gasteiger partial charge in [0.1, 0.15) is 24.7 Å². The summed E-state index contributed by atoms with van der Waals surface area (Å²) in [5, 5.41) is 8.91. The van der Waals surface area contributed by atoms with Crippen LogP contribution in [0.2, 0.25) is 0 Å². The van der Waals surface area contributed by atoms with Crippen molar-refractivity contribution in [2.24, 2.45) is 0 Å². The lowest BCUT2D eigenvalue weighted by Gasteiger charge is -2.26. The summed E-state index contributed by atoms with van der Waals surface area (Å²) in [7, 11) is 0. The number of carboxylic acids is 1. The van der Waals surface area contributed by atoms with Gasteiger partial charge < -0.3 is 19.1 Å². The Bertz CT molecular complexity index is 1330. The Kier molecular flexibility index (Phi) is 8.91. The van der Waals surface area contributed by atoms with E-state index >= 15 is 0 Å². The van der Waals surface area contributed by atoms with Gasteiger partial charge in [0.2, 0.25) is 0 Å². The Morgan fingerprint density at radius 3 is 1.97 bits per heavy atom. The van der Waals surface area contributed by atoms with Crippen molar-refractivity contribution in [1.82, 2.24) is 0 Å². The quantitative estimate of drug-likeness (QED) is 0.190. The van der Waals surface area contributed by atoms with E-state index in [1.54, 1.807) is 42.5 Å². The number of carboxylic acid groups (broad SMARTS) is 1. The number of hydrogen-bond acceptors (Lipinski definition) is 5. The minimum absolute atomic E-state index is 0.0333. The number of aliphatic carboxylic acids is 1. The summed E-state index contributed by atoms with van der Waals surface area (Å²) in [6, 6.07) is 31.3. The van der Waals surface area contributed by atoms with Crippen LogP contribution in [-0.4, -0.2) is 33.1 Å². The lowest BCUT2D eigenvalue weighted by Crippen LogP contribution is -2.19. The Balaban J connectivity index is 1.35. The Morgan fingerprint density at radius 1 is 0.757 bits per heavy atom. The SMILES string of the molecule is O=C(O)CCc1ccccc1OCCOc1ccc(N(c2ccc(-c3ccccc3)cc2)S(=O)[O-])cc1. The molecule has 190 valence electrons. The highest BCUT2D eigenvalue weighted by molar-refractivity contribution is 7.81. The number of ether oxygens (including phenoxy) is 2. The van der Waals surface area contributed by atoms with Gasteiger partial charge in [0.15, 0.2) is 0 Å². The lowest BCUT2D eigenvalue weighted by atomic mass is 10.1. The fraction of sp³-hybridized carbons (Fsp3) is 0.138. The second-order valence-electron chi connectivity index (χ2n) is 8.12. The highest BCUT2D eigenvalue weighted by Crippen LogP contribution is 2.30. The van der Waals surface area contributed by atoms with E-state index in [1.165, 1.54) is 4.31 Å². The van der Waals surface area contributed by atoms with Gasteiger partial charge in [-0.2, -0.15) is 0 Å². The van der Waals surface area contributed by atoms with Crippen LogP contribution in [0.15, 0.2) is 103 Å². The van der Waals surface area contributed by atoms with E-state index in [4.69, 9.17) is 14.6 Å². The standard InChI is InChI=1S/C29H27NO6S/c31-29(32)19-12-24-8-4-5-9-28(24)36-21-20-35-27-17-15-26(16-18-27)30(37(33)34)25-13-10-23(11-14-25)22-6-2-1-3-7-22/h1-11,13-18H,12,19-21H2,(H,31,32)(H,33,34)/p-1. The van der Waals surface area contributed by atoms with Crippen LogP contribution in [0.3, 0.4) is 0 Å². The molecule has 4 rings (SSSR count). The van der Waals surface area contributed by atoms with E-state index in [0.29, 0.717) is 29.3 Å². The topological polar surface area (TPSA) is 99.1 Å². The Morgan fingerprint density at radius 2 is 1.32 bits per heavy atom. The van der Waals surface area contributed by atoms with Crippen molar-refractivity contribution in [2.45, 2.75) is 12.8 Å². The molecule has 7 nitrogen and oxygen atoms in total. The third kappa shape index (κ3) is 7.19. The Labute approximate surface area is 218 Å². The fourth-order valence-corrected chi connectivity index (χ4v) is 4.41. The minimum atomic E-state index is -2.51. The van der Waals surface area contributed by atoms with Crippen LogP contribution in [0, 0.1) is 0 Å². The third-order valence-electron chi connectivity index (χ3n) is 5.62. The molecule has 37 heavy (non-hydrogen) atoms. The molecule has 4 aromatic rings. The van der Waals surface area contributed by atoms with Crippen LogP contribution in [0.25, 0.3) is 11.1 Å². The monoisotopic (exact) mass is 516 g/mol. The van der Waals surface area contributed by atoms with Crippen molar-refractivity contribution < 1.29 is 28.1 Å². The maximum absolute atomic E-state index is 12.0. The summed E-state index contributed by atoms with van der Waals surface area (Å²) in [5.41, 5.74) is 3.89. The van der Waals surface area contributed by atoms with Gasteiger partial charge >= 0.3 is 5.97 Å². The van der Waals surface area contributed by atoms with Crippen LogP contribution < -0.4 is 13.8 Å². The van der Waals surface area contributed by atoms with Gasteiger partial charge in [-0.3, -0.25) is 13.3 Å². The predicted molar refractivity (Wildman–Crippen MR) is 143 cm³/mol. The van der Waals surface area contributed by atoms with Gasteiger partial charge in [0.05, 0.1) is 22.6 Å². The number of para-hydroxylation sites is 1. The smallest absolute Gasteiger partial charge is 0.303 e. The predicted octanol–water partition coefficient (Wildman–Crippen LogP) is 5.76. The normalized spacial score (nSPS) is 11.5. The maximum atomic E-state index is 12.0. The van der Waals surface area contributed by atoms with Gasteiger partial charge in [-0.25, -0.2) is 0 Å². The zero-order valence-electron chi connectivity index (χ0n) is 20.0. The summed E-state index contributed by atoms with van der Waals surface area (Å²) in [5.74, 6) is 0.349. The molecule has 1 N–H and O–H groups in total. The van der Waals surface area contributed by atoms with Crippen LogP contribution >= 0.6 is 0 Å². The molecule has 0 fully saturated rings. The van der Waals surface area contributed by atoms with Crippen molar-refractivity contribution in [2.75, 3.05) is 17.5 Å². The molecule has 0 aromatic heterocycles. The summed E-state index contributed by atoms with van der Waals surface area (Å²) >= 11 is -2.51. The van der Waals surface area contributed by atoms with Crippen LogP contribution in [-0.2, 0) is 22.5 Å². The van der Waals surface area contributed by atoms with Crippen molar-refractivity contribution in [3.63, 3.8) is 0 Å². The van der Waals surface area contributed by atoms with Gasteiger partial charge in [0.25, 0.3) is 0 Å². The zero-order valence-corrected chi connectivity index (χ0v) is 20.8.